The summed E-state index contributed by atoms with van der Waals surface area (Å²) < 4.78 is 17.9. The van der Waals surface area contributed by atoms with Gasteiger partial charge in [-0.1, -0.05) is 121 Å². The minimum atomic E-state index is -4.45. The molecule has 0 heterocycles. The number of hydrogen-bond donors (Lipinski definition) is 4. The van der Waals surface area contributed by atoms with Crippen molar-refractivity contribution in [2.45, 2.75) is 0 Å². The first-order valence-electron chi connectivity index (χ1n) is 11.0. The molecule has 0 aliphatic heterocycles. The molecule has 35 heavy (non-hydrogen) atoms. The molecular formula is C24H26O7Si4. The van der Waals surface area contributed by atoms with Crippen molar-refractivity contribution in [1.29, 1.82) is 0 Å². The number of benzene rings is 4. The van der Waals surface area contributed by atoms with Gasteiger partial charge in [0.05, 0.1) is 0 Å². The first kappa shape index (κ1) is 25.6. The molecule has 0 bridgehead atoms. The lowest BCUT2D eigenvalue weighted by molar-refractivity contribution is 0.177. The molecule has 7 nitrogen and oxygen atoms in total. The van der Waals surface area contributed by atoms with E-state index in [1.54, 1.807) is 109 Å². The highest BCUT2D eigenvalue weighted by molar-refractivity contribution is 6.92. The van der Waals surface area contributed by atoms with Crippen molar-refractivity contribution in [2.24, 2.45) is 0 Å². The van der Waals surface area contributed by atoms with Crippen molar-refractivity contribution in [2.75, 3.05) is 0 Å². The maximum Gasteiger partial charge on any atom is 0.518 e. The Hall–Kier alpha value is -2.53. The molecule has 4 N–H and O–H groups in total. The topological polar surface area (TPSA) is 109 Å². The maximum atomic E-state index is 11.8. The van der Waals surface area contributed by atoms with E-state index in [1.807, 2.05) is 12.1 Å². The van der Waals surface area contributed by atoms with Crippen LogP contribution in [0, 0.1) is 0 Å². The molecular weight excluding hydrogens is 513 g/mol. The van der Waals surface area contributed by atoms with Crippen LogP contribution in [-0.2, 0) is 12.3 Å². The van der Waals surface area contributed by atoms with Crippen LogP contribution < -0.4 is 20.7 Å². The average Bonchev–Trinajstić information content (AvgIpc) is 2.90. The van der Waals surface area contributed by atoms with E-state index in [0.29, 0.717) is 20.7 Å². The van der Waals surface area contributed by atoms with E-state index in [1.165, 1.54) is 0 Å². The SMILES string of the molecule is O[SiH](O[Si](O)(O[Si](O)(O[SiH](O)c1ccccc1)c1ccccc1)c1ccccc1)c1ccccc1. The fourth-order valence-corrected chi connectivity index (χ4v) is 14.1. The molecule has 0 amide bonds. The zero-order valence-corrected chi connectivity index (χ0v) is 23.0. The highest BCUT2D eigenvalue weighted by Crippen LogP contribution is 2.16. The van der Waals surface area contributed by atoms with Crippen molar-refractivity contribution in [3.05, 3.63) is 121 Å². The summed E-state index contributed by atoms with van der Waals surface area (Å²) in [7, 11) is -15.2. The Morgan fingerprint density at radius 1 is 0.457 bits per heavy atom. The molecule has 0 saturated carbocycles. The van der Waals surface area contributed by atoms with Gasteiger partial charge in [0, 0.05) is 10.4 Å². The minimum absolute atomic E-state index is 0.295. The van der Waals surface area contributed by atoms with Gasteiger partial charge in [-0.2, -0.15) is 0 Å². The third-order valence-electron chi connectivity index (χ3n) is 5.27. The van der Waals surface area contributed by atoms with Crippen LogP contribution in [0.2, 0.25) is 0 Å². The van der Waals surface area contributed by atoms with E-state index in [2.05, 4.69) is 0 Å². The second kappa shape index (κ2) is 11.5. The lowest BCUT2D eigenvalue weighted by Crippen LogP contribution is -2.70. The minimum Gasteiger partial charge on any atom is -0.410 e. The Balaban J connectivity index is 1.72. The van der Waals surface area contributed by atoms with Crippen molar-refractivity contribution >= 4 is 56.9 Å². The Morgan fingerprint density at radius 3 is 1.06 bits per heavy atom. The zero-order chi connectivity index (χ0) is 24.7. The zero-order valence-electron chi connectivity index (χ0n) is 18.7. The van der Waals surface area contributed by atoms with Gasteiger partial charge in [0.15, 0.2) is 0 Å². The molecule has 0 fully saturated rings. The number of hydrogen-bond acceptors (Lipinski definition) is 7. The third kappa shape index (κ3) is 6.38. The van der Waals surface area contributed by atoms with Gasteiger partial charge in [0.2, 0.25) is 0 Å². The van der Waals surface area contributed by atoms with Crippen LogP contribution in [0.25, 0.3) is 0 Å². The van der Waals surface area contributed by atoms with E-state index in [9.17, 15) is 19.2 Å². The maximum absolute atomic E-state index is 11.8. The molecule has 0 aliphatic carbocycles. The van der Waals surface area contributed by atoms with Gasteiger partial charge in [-0.25, -0.2) is 0 Å². The number of rotatable bonds is 10. The summed E-state index contributed by atoms with van der Waals surface area (Å²) in [4.78, 5) is 45.4. The summed E-state index contributed by atoms with van der Waals surface area (Å²) in [5.41, 5.74) is 0. The van der Waals surface area contributed by atoms with Gasteiger partial charge in [0.25, 0.3) is 0 Å². The smallest absolute Gasteiger partial charge is 0.410 e. The third-order valence-corrected chi connectivity index (χ3v) is 15.9. The van der Waals surface area contributed by atoms with Gasteiger partial charge in [0.1, 0.15) is 0 Å². The molecule has 4 atom stereocenters. The van der Waals surface area contributed by atoms with E-state index in [0.717, 1.165) is 0 Å². The Bertz CT molecular complexity index is 1100. The molecule has 0 aliphatic rings. The van der Waals surface area contributed by atoms with Crippen LogP contribution in [-0.4, -0.2) is 55.4 Å². The highest BCUT2D eigenvalue weighted by atomic mass is 28.5. The first-order chi connectivity index (χ1) is 16.9. The van der Waals surface area contributed by atoms with Gasteiger partial charge >= 0.3 is 36.2 Å². The molecule has 180 valence electrons. The van der Waals surface area contributed by atoms with Crippen LogP contribution in [0.1, 0.15) is 0 Å². The quantitative estimate of drug-likeness (QED) is 0.191. The summed E-state index contributed by atoms with van der Waals surface area (Å²) in [6.07, 6.45) is 0. The molecule has 0 radical (unpaired) electrons. The summed E-state index contributed by atoms with van der Waals surface area (Å²) in [5, 5.41) is 1.68. The molecule has 11 heteroatoms. The fourth-order valence-electron chi connectivity index (χ4n) is 3.46. The second-order valence-corrected chi connectivity index (χ2v) is 16.7. The first-order valence-corrected chi connectivity index (χ1v) is 17.6. The van der Waals surface area contributed by atoms with E-state index < -0.39 is 36.2 Å². The Kier molecular flexibility index (Phi) is 8.37. The van der Waals surface area contributed by atoms with Crippen molar-refractivity contribution in [1.82, 2.24) is 0 Å². The van der Waals surface area contributed by atoms with Gasteiger partial charge in [-0.15, -0.1) is 0 Å². The van der Waals surface area contributed by atoms with Crippen LogP contribution in [0.5, 0.6) is 0 Å². The highest BCUT2D eigenvalue weighted by Gasteiger charge is 2.54. The van der Waals surface area contributed by atoms with Crippen LogP contribution in [0.15, 0.2) is 121 Å². The lowest BCUT2D eigenvalue weighted by Gasteiger charge is -2.35. The van der Waals surface area contributed by atoms with Gasteiger partial charge in [-0.05, 0) is 10.4 Å². The molecule has 4 rings (SSSR count). The molecule has 4 aromatic carbocycles. The van der Waals surface area contributed by atoms with E-state index in [-0.39, 0.29) is 0 Å². The Labute approximate surface area is 209 Å². The summed E-state index contributed by atoms with van der Waals surface area (Å²) in [6.45, 7) is 0. The van der Waals surface area contributed by atoms with E-state index in [4.69, 9.17) is 12.3 Å². The fraction of sp³-hybridized carbons (Fsp3) is 0. The Morgan fingerprint density at radius 2 is 0.743 bits per heavy atom. The standard InChI is InChI=1S/C24H26O7Si4/c25-32(21-13-5-1-6-14-21)29-34(27,23-17-9-3-10-18-23)31-35(28,24-19-11-4-12-20-24)30-33(26)22-15-7-2-8-16-22/h1-20,25-28,32-33H. The van der Waals surface area contributed by atoms with Gasteiger partial charge in [-0.3, -0.25) is 0 Å². The average molecular weight is 539 g/mol. The normalized spacial score (nSPS) is 16.6. The summed E-state index contributed by atoms with van der Waals surface area (Å²) in [6, 6.07) is 34.3. The van der Waals surface area contributed by atoms with Crippen LogP contribution in [0.3, 0.4) is 0 Å². The molecule has 0 spiro atoms. The lowest BCUT2D eigenvalue weighted by atomic mass is 10.4. The predicted molar refractivity (Wildman–Crippen MR) is 142 cm³/mol. The molecule has 0 saturated heterocycles. The summed E-state index contributed by atoms with van der Waals surface area (Å²) >= 11 is 0. The van der Waals surface area contributed by atoms with Crippen LogP contribution >= 0.6 is 0 Å². The van der Waals surface area contributed by atoms with Crippen LogP contribution in [0.4, 0.5) is 0 Å². The monoisotopic (exact) mass is 538 g/mol. The predicted octanol–water partition coefficient (Wildman–Crippen LogP) is -1.05. The van der Waals surface area contributed by atoms with Gasteiger partial charge < -0.3 is 31.5 Å². The second-order valence-electron chi connectivity index (χ2n) is 7.76. The van der Waals surface area contributed by atoms with E-state index >= 15 is 0 Å². The van der Waals surface area contributed by atoms with Crippen molar-refractivity contribution in [3.8, 4) is 0 Å². The molecule has 4 unspecified atom stereocenters. The molecule has 4 aromatic rings. The summed E-state index contributed by atoms with van der Waals surface area (Å²) in [5.74, 6) is 0. The largest absolute Gasteiger partial charge is 0.518 e. The van der Waals surface area contributed by atoms with Crippen molar-refractivity contribution in [3.63, 3.8) is 0 Å². The van der Waals surface area contributed by atoms with Crippen molar-refractivity contribution < 1.29 is 31.5 Å². The molecule has 0 aromatic heterocycles.